The first-order valence-electron chi connectivity index (χ1n) is 2.77. The Labute approximate surface area is 60.7 Å². The first kappa shape index (κ1) is 8.70. The fraction of sp³-hybridized carbons (Fsp3) is 0.571. The molecule has 0 aromatic carbocycles. The van der Waals surface area contributed by atoms with Crippen molar-refractivity contribution < 1.29 is 4.79 Å². The fourth-order valence-corrected chi connectivity index (χ4v) is 0.880. The highest BCUT2D eigenvalue weighted by Gasteiger charge is 2.16. The van der Waals surface area contributed by atoms with Crippen molar-refractivity contribution in [3.05, 3.63) is 11.6 Å². The summed E-state index contributed by atoms with van der Waals surface area (Å²) in [5, 5.41) is 0.534. The summed E-state index contributed by atoms with van der Waals surface area (Å²) in [6, 6.07) is 0. The van der Waals surface area contributed by atoms with E-state index in [2.05, 4.69) is 6.58 Å². The molecule has 0 aliphatic heterocycles. The molecule has 0 saturated carbocycles. The highest BCUT2D eigenvalue weighted by Crippen LogP contribution is 2.22. The van der Waals surface area contributed by atoms with Gasteiger partial charge in [-0.1, -0.05) is 32.0 Å². The second-order valence-electron chi connectivity index (χ2n) is 2.80. The van der Waals surface area contributed by atoms with E-state index in [0.717, 1.165) is 6.29 Å². The van der Waals surface area contributed by atoms with Crippen LogP contribution >= 0.6 is 11.6 Å². The van der Waals surface area contributed by atoms with Crippen molar-refractivity contribution in [2.24, 2.45) is 5.41 Å². The Kier molecular flexibility index (Phi) is 2.92. The van der Waals surface area contributed by atoms with Gasteiger partial charge < -0.3 is 4.79 Å². The smallest absolute Gasteiger partial charge is 0.125 e. The maximum atomic E-state index is 10.3. The zero-order chi connectivity index (χ0) is 7.49. The zero-order valence-corrected chi connectivity index (χ0v) is 6.53. The molecule has 0 N–H and O–H groups in total. The van der Waals surface area contributed by atoms with Crippen molar-refractivity contribution in [2.45, 2.75) is 20.3 Å². The molecule has 0 rings (SSSR count). The van der Waals surface area contributed by atoms with Gasteiger partial charge in [-0.15, -0.1) is 0 Å². The van der Waals surface area contributed by atoms with E-state index in [9.17, 15) is 4.79 Å². The predicted octanol–water partition coefficient (Wildman–Crippen LogP) is 2.35. The lowest BCUT2D eigenvalue weighted by molar-refractivity contribution is -0.114. The average Bonchev–Trinajstić information content (AvgIpc) is 1.63. The Bertz CT molecular complexity index is 127. The third-order valence-corrected chi connectivity index (χ3v) is 1.10. The summed E-state index contributed by atoms with van der Waals surface area (Å²) < 4.78 is 0. The van der Waals surface area contributed by atoms with Crippen molar-refractivity contribution in [1.82, 2.24) is 0 Å². The van der Waals surface area contributed by atoms with Gasteiger partial charge in [0.25, 0.3) is 0 Å². The lowest BCUT2D eigenvalue weighted by Crippen LogP contribution is -2.11. The molecule has 0 bridgehead atoms. The molecule has 0 unspecified atom stereocenters. The van der Waals surface area contributed by atoms with Crippen molar-refractivity contribution >= 4 is 17.9 Å². The SMILES string of the molecule is C=C(Cl)CC(C)(C)C=O. The second-order valence-corrected chi connectivity index (χ2v) is 3.33. The number of carbonyl (C=O) groups is 1. The number of hydrogen-bond donors (Lipinski definition) is 0. The van der Waals surface area contributed by atoms with Gasteiger partial charge in [-0.3, -0.25) is 0 Å². The van der Waals surface area contributed by atoms with Crippen LogP contribution in [0.15, 0.2) is 11.6 Å². The van der Waals surface area contributed by atoms with Crippen molar-refractivity contribution in [3.63, 3.8) is 0 Å². The second kappa shape index (κ2) is 3.02. The molecule has 0 radical (unpaired) electrons. The summed E-state index contributed by atoms with van der Waals surface area (Å²) in [5.74, 6) is 0. The number of carbonyl (C=O) groups excluding carboxylic acids is 1. The van der Waals surface area contributed by atoms with Crippen LogP contribution in [0, 0.1) is 5.41 Å². The van der Waals surface area contributed by atoms with E-state index in [0.29, 0.717) is 11.5 Å². The molecule has 0 amide bonds. The van der Waals surface area contributed by atoms with E-state index in [1.807, 2.05) is 13.8 Å². The zero-order valence-electron chi connectivity index (χ0n) is 5.78. The van der Waals surface area contributed by atoms with Gasteiger partial charge in [0.2, 0.25) is 0 Å². The molecule has 0 saturated heterocycles. The van der Waals surface area contributed by atoms with Crippen LogP contribution < -0.4 is 0 Å². The average molecular weight is 147 g/mol. The van der Waals surface area contributed by atoms with Crippen LogP contribution in [0.2, 0.25) is 0 Å². The van der Waals surface area contributed by atoms with E-state index in [1.54, 1.807) is 0 Å². The highest BCUT2D eigenvalue weighted by molar-refractivity contribution is 6.29. The molecule has 0 fully saturated rings. The Morgan fingerprint density at radius 2 is 2.22 bits per heavy atom. The number of allylic oxidation sites excluding steroid dienone is 1. The van der Waals surface area contributed by atoms with Crippen LogP contribution in [0.5, 0.6) is 0 Å². The molecule has 0 atom stereocenters. The van der Waals surface area contributed by atoms with Crippen LogP contribution in [0.1, 0.15) is 20.3 Å². The molecule has 0 aromatic rings. The predicted molar refractivity (Wildman–Crippen MR) is 39.5 cm³/mol. The molecule has 9 heavy (non-hydrogen) atoms. The molecular formula is C7H11ClO. The molecule has 0 aromatic heterocycles. The summed E-state index contributed by atoms with van der Waals surface area (Å²) in [5.41, 5.74) is -0.348. The quantitative estimate of drug-likeness (QED) is 0.559. The van der Waals surface area contributed by atoms with Gasteiger partial charge in [-0.25, -0.2) is 0 Å². The van der Waals surface area contributed by atoms with E-state index < -0.39 is 0 Å². The number of rotatable bonds is 3. The van der Waals surface area contributed by atoms with Crippen LogP contribution in [0.25, 0.3) is 0 Å². The summed E-state index contributed by atoms with van der Waals surface area (Å²) in [7, 11) is 0. The Balaban J connectivity index is 3.86. The summed E-state index contributed by atoms with van der Waals surface area (Å²) in [6.45, 7) is 7.15. The van der Waals surface area contributed by atoms with Gasteiger partial charge in [0.05, 0.1) is 0 Å². The minimum atomic E-state index is -0.348. The minimum absolute atomic E-state index is 0.348. The number of aldehydes is 1. The molecule has 0 aliphatic rings. The normalized spacial score (nSPS) is 11.0. The third kappa shape index (κ3) is 4.22. The Hall–Kier alpha value is -0.300. The van der Waals surface area contributed by atoms with Crippen LogP contribution in [-0.2, 0) is 4.79 Å². The van der Waals surface area contributed by atoms with Crippen molar-refractivity contribution in [2.75, 3.05) is 0 Å². The van der Waals surface area contributed by atoms with Crippen molar-refractivity contribution in [3.8, 4) is 0 Å². The molecule has 0 spiro atoms. The topological polar surface area (TPSA) is 17.1 Å². The van der Waals surface area contributed by atoms with E-state index >= 15 is 0 Å². The van der Waals surface area contributed by atoms with Crippen molar-refractivity contribution in [1.29, 1.82) is 0 Å². The van der Waals surface area contributed by atoms with E-state index in [-0.39, 0.29) is 5.41 Å². The number of halogens is 1. The molecular weight excluding hydrogens is 136 g/mol. The maximum absolute atomic E-state index is 10.3. The molecule has 52 valence electrons. The van der Waals surface area contributed by atoms with Crippen LogP contribution in [-0.4, -0.2) is 6.29 Å². The molecule has 0 heterocycles. The fourth-order valence-electron chi connectivity index (χ4n) is 0.536. The van der Waals surface area contributed by atoms with Gasteiger partial charge >= 0.3 is 0 Å². The largest absolute Gasteiger partial charge is 0.303 e. The molecule has 2 heteroatoms. The van der Waals surface area contributed by atoms with Crippen LogP contribution in [0.3, 0.4) is 0 Å². The first-order valence-corrected chi connectivity index (χ1v) is 3.15. The van der Waals surface area contributed by atoms with Crippen LogP contribution in [0.4, 0.5) is 0 Å². The summed E-state index contributed by atoms with van der Waals surface area (Å²) >= 11 is 5.49. The standard InChI is InChI=1S/C7H11ClO/c1-6(8)4-7(2,3)5-9/h5H,1,4H2,2-3H3. The first-order chi connectivity index (χ1) is 3.98. The van der Waals surface area contributed by atoms with E-state index in [1.165, 1.54) is 0 Å². The van der Waals surface area contributed by atoms with Gasteiger partial charge in [-0.05, 0) is 6.42 Å². The maximum Gasteiger partial charge on any atom is 0.125 e. The third-order valence-electron chi connectivity index (χ3n) is 0.966. The van der Waals surface area contributed by atoms with Gasteiger partial charge in [0, 0.05) is 10.4 Å². The van der Waals surface area contributed by atoms with E-state index in [4.69, 9.17) is 11.6 Å². The van der Waals surface area contributed by atoms with Gasteiger partial charge in [0.1, 0.15) is 6.29 Å². The molecule has 1 nitrogen and oxygen atoms in total. The monoisotopic (exact) mass is 146 g/mol. The summed E-state index contributed by atoms with van der Waals surface area (Å²) in [4.78, 5) is 10.3. The minimum Gasteiger partial charge on any atom is -0.303 e. The lowest BCUT2D eigenvalue weighted by Gasteiger charge is -2.14. The Morgan fingerprint density at radius 1 is 1.78 bits per heavy atom. The molecule has 0 aliphatic carbocycles. The Morgan fingerprint density at radius 3 is 2.33 bits per heavy atom. The van der Waals surface area contributed by atoms with Gasteiger partial charge in [0.15, 0.2) is 0 Å². The number of hydrogen-bond acceptors (Lipinski definition) is 1. The highest BCUT2D eigenvalue weighted by atomic mass is 35.5. The summed E-state index contributed by atoms with van der Waals surface area (Å²) in [6.07, 6.45) is 1.44. The lowest BCUT2D eigenvalue weighted by atomic mass is 9.92. The van der Waals surface area contributed by atoms with Gasteiger partial charge in [-0.2, -0.15) is 0 Å².